The lowest BCUT2D eigenvalue weighted by Gasteiger charge is -2.53. The Morgan fingerprint density at radius 1 is 1.27 bits per heavy atom. The average Bonchev–Trinajstić information content (AvgIpc) is 2.00. The maximum Gasteiger partial charge on any atom is 0.0575 e. The summed E-state index contributed by atoms with van der Waals surface area (Å²) in [7, 11) is 1.78. The molecule has 1 rings (SSSR count). The molecule has 0 aromatic carbocycles. The number of piperidine rings is 1. The van der Waals surface area contributed by atoms with Gasteiger partial charge in [0.1, 0.15) is 0 Å². The lowest BCUT2D eigenvalue weighted by molar-refractivity contribution is -0.271. The van der Waals surface area contributed by atoms with E-state index in [0.29, 0.717) is 0 Å². The molecule has 1 saturated heterocycles. The van der Waals surface area contributed by atoms with Gasteiger partial charge < -0.3 is 4.84 Å². The van der Waals surface area contributed by atoms with Crippen molar-refractivity contribution in [2.24, 2.45) is 5.92 Å². The molecule has 1 fully saturated rings. The van der Waals surface area contributed by atoms with Crippen molar-refractivity contribution in [2.45, 2.75) is 58.0 Å². The molecule has 2 heteroatoms. The van der Waals surface area contributed by atoms with Crippen LogP contribution in [-0.4, -0.2) is 23.3 Å². The molecule has 0 spiro atoms. The minimum atomic E-state index is 0.115. The summed E-state index contributed by atoms with van der Waals surface area (Å²) in [4.78, 5) is 5.56. The summed E-state index contributed by atoms with van der Waals surface area (Å²) in [6.07, 6.45) is 5.51. The first kappa shape index (κ1) is 12.7. The monoisotopic (exact) mass is 211 g/mol. The van der Waals surface area contributed by atoms with E-state index in [2.05, 4.69) is 39.3 Å². The Morgan fingerprint density at radius 3 is 2.07 bits per heavy atom. The van der Waals surface area contributed by atoms with Crippen LogP contribution in [0.2, 0.25) is 0 Å². The Hall–Kier alpha value is -0.340. The third-order valence-electron chi connectivity index (χ3n) is 3.36. The highest BCUT2D eigenvalue weighted by atomic mass is 16.7. The van der Waals surface area contributed by atoms with Crippen LogP contribution < -0.4 is 0 Å². The molecule has 0 radical (unpaired) electrons. The van der Waals surface area contributed by atoms with E-state index in [1.54, 1.807) is 7.11 Å². The first-order valence-electron chi connectivity index (χ1n) is 5.79. The van der Waals surface area contributed by atoms with Gasteiger partial charge in [-0.1, -0.05) is 6.08 Å². The molecule has 88 valence electrons. The molecule has 0 bridgehead atoms. The molecule has 0 aromatic rings. The average molecular weight is 211 g/mol. The van der Waals surface area contributed by atoms with Crippen LogP contribution in [0.25, 0.3) is 0 Å². The van der Waals surface area contributed by atoms with E-state index >= 15 is 0 Å². The minimum absolute atomic E-state index is 0.115. The second-order valence-corrected chi connectivity index (χ2v) is 5.90. The Kier molecular flexibility index (Phi) is 3.62. The predicted molar refractivity (Wildman–Crippen MR) is 64.5 cm³/mol. The Labute approximate surface area is 94.3 Å². The fourth-order valence-corrected chi connectivity index (χ4v) is 3.37. The van der Waals surface area contributed by atoms with Gasteiger partial charge in [-0.05, 0) is 52.9 Å². The summed E-state index contributed by atoms with van der Waals surface area (Å²) in [5.41, 5.74) is 0.231. The third kappa shape index (κ3) is 2.61. The van der Waals surface area contributed by atoms with Gasteiger partial charge >= 0.3 is 0 Å². The fourth-order valence-electron chi connectivity index (χ4n) is 3.37. The first-order chi connectivity index (χ1) is 6.83. The lowest BCUT2D eigenvalue weighted by atomic mass is 9.74. The van der Waals surface area contributed by atoms with Crippen molar-refractivity contribution in [1.29, 1.82) is 0 Å². The zero-order valence-corrected chi connectivity index (χ0v) is 10.8. The van der Waals surface area contributed by atoms with E-state index in [9.17, 15) is 0 Å². The van der Waals surface area contributed by atoms with Crippen LogP contribution in [0, 0.1) is 5.92 Å². The maximum absolute atomic E-state index is 5.56. The summed E-state index contributed by atoms with van der Waals surface area (Å²) in [5.74, 6) is 0.735. The van der Waals surface area contributed by atoms with Gasteiger partial charge in [0, 0.05) is 11.1 Å². The highest BCUT2D eigenvalue weighted by Gasteiger charge is 2.45. The second-order valence-electron chi connectivity index (χ2n) is 5.90. The predicted octanol–water partition coefficient (Wildman–Crippen LogP) is 3.39. The van der Waals surface area contributed by atoms with E-state index < -0.39 is 0 Å². The molecule has 0 aromatic heterocycles. The van der Waals surface area contributed by atoms with Crippen molar-refractivity contribution in [1.82, 2.24) is 5.06 Å². The van der Waals surface area contributed by atoms with Crippen molar-refractivity contribution in [3.05, 3.63) is 12.7 Å². The largest absolute Gasteiger partial charge is 0.301 e. The molecule has 1 heterocycles. The van der Waals surface area contributed by atoms with Crippen molar-refractivity contribution in [3.8, 4) is 0 Å². The summed E-state index contributed by atoms with van der Waals surface area (Å²) < 4.78 is 0. The molecular formula is C13H25NO. The third-order valence-corrected chi connectivity index (χ3v) is 3.36. The maximum atomic E-state index is 5.56. The smallest absolute Gasteiger partial charge is 0.0575 e. The molecule has 0 saturated carbocycles. The van der Waals surface area contributed by atoms with E-state index in [1.807, 2.05) is 6.08 Å². The number of allylic oxidation sites excluding steroid dienone is 1. The molecule has 1 aliphatic heterocycles. The fraction of sp³-hybridized carbons (Fsp3) is 0.846. The number of rotatable bonds is 3. The normalized spacial score (nSPS) is 26.5. The summed E-state index contributed by atoms with van der Waals surface area (Å²) in [6, 6.07) is 0. The summed E-state index contributed by atoms with van der Waals surface area (Å²) in [6.45, 7) is 12.9. The second kappa shape index (κ2) is 4.26. The first-order valence-corrected chi connectivity index (χ1v) is 5.79. The number of hydrogen-bond donors (Lipinski definition) is 0. The Balaban J connectivity index is 2.85. The van der Waals surface area contributed by atoms with Crippen molar-refractivity contribution < 1.29 is 4.84 Å². The standard InChI is InChI=1S/C13H25NO/c1-7-8-11-9-12(2,3)14(15-6)13(4,5)10-11/h7,11H,1,8-10H2,2-6H3. The van der Waals surface area contributed by atoms with Crippen LogP contribution in [0.1, 0.15) is 47.0 Å². The van der Waals surface area contributed by atoms with Crippen LogP contribution in [0.5, 0.6) is 0 Å². The zero-order chi connectivity index (χ0) is 11.7. The van der Waals surface area contributed by atoms with Crippen molar-refractivity contribution in [2.75, 3.05) is 7.11 Å². The molecule has 2 nitrogen and oxygen atoms in total. The van der Waals surface area contributed by atoms with Gasteiger partial charge in [-0.15, -0.1) is 6.58 Å². The number of hydroxylamine groups is 2. The Bertz CT molecular complexity index is 215. The number of nitrogens with zero attached hydrogens (tertiary/aromatic N) is 1. The van der Waals surface area contributed by atoms with Crippen LogP contribution in [-0.2, 0) is 4.84 Å². The molecule has 15 heavy (non-hydrogen) atoms. The van der Waals surface area contributed by atoms with Crippen LogP contribution in [0.3, 0.4) is 0 Å². The van der Waals surface area contributed by atoms with Crippen LogP contribution in [0.15, 0.2) is 12.7 Å². The number of hydrogen-bond acceptors (Lipinski definition) is 2. The molecule has 0 N–H and O–H groups in total. The molecule has 0 unspecified atom stereocenters. The van der Waals surface area contributed by atoms with Gasteiger partial charge in [0.2, 0.25) is 0 Å². The van der Waals surface area contributed by atoms with Crippen molar-refractivity contribution >= 4 is 0 Å². The Morgan fingerprint density at radius 2 is 1.73 bits per heavy atom. The minimum Gasteiger partial charge on any atom is -0.301 e. The van der Waals surface area contributed by atoms with Gasteiger partial charge in [0.15, 0.2) is 0 Å². The van der Waals surface area contributed by atoms with Gasteiger partial charge in [-0.3, -0.25) is 0 Å². The highest BCUT2D eigenvalue weighted by molar-refractivity contribution is 4.97. The van der Waals surface area contributed by atoms with Gasteiger partial charge in [0.05, 0.1) is 7.11 Å². The van der Waals surface area contributed by atoms with Gasteiger partial charge in [-0.25, -0.2) is 0 Å². The van der Waals surface area contributed by atoms with Gasteiger partial charge in [-0.2, -0.15) is 5.06 Å². The zero-order valence-electron chi connectivity index (χ0n) is 10.8. The molecular weight excluding hydrogens is 186 g/mol. The quantitative estimate of drug-likeness (QED) is 0.663. The topological polar surface area (TPSA) is 12.5 Å². The molecule has 1 aliphatic rings. The van der Waals surface area contributed by atoms with Crippen LogP contribution in [0.4, 0.5) is 0 Å². The van der Waals surface area contributed by atoms with E-state index in [4.69, 9.17) is 4.84 Å². The van der Waals surface area contributed by atoms with E-state index in [0.717, 1.165) is 12.3 Å². The van der Waals surface area contributed by atoms with Crippen molar-refractivity contribution in [3.63, 3.8) is 0 Å². The molecule has 0 atom stereocenters. The molecule has 0 amide bonds. The van der Waals surface area contributed by atoms with Gasteiger partial charge in [0.25, 0.3) is 0 Å². The summed E-state index contributed by atoms with van der Waals surface area (Å²) >= 11 is 0. The van der Waals surface area contributed by atoms with E-state index in [1.165, 1.54) is 12.8 Å². The highest BCUT2D eigenvalue weighted by Crippen LogP contribution is 2.42. The van der Waals surface area contributed by atoms with E-state index in [-0.39, 0.29) is 11.1 Å². The SMILES string of the molecule is C=CCC1CC(C)(C)N(OC)C(C)(C)C1. The lowest BCUT2D eigenvalue weighted by Crippen LogP contribution is -2.59. The molecule has 0 aliphatic carbocycles. The summed E-state index contributed by atoms with van der Waals surface area (Å²) in [5, 5.41) is 2.15. The van der Waals surface area contributed by atoms with Crippen LogP contribution >= 0.6 is 0 Å².